The normalized spacial score (nSPS) is 18.4. The molecule has 0 aliphatic carbocycles. The first-order valence-corrected chi connectivity index (χ1v) is 11.9. The van der Waals surface area contributed by atoms with Gasteiger partial charge in [-0.15, -0.1) is 0 Å². The summed E-state index contributed by atoms with van der Waals surface area (Å²) in [5, 5.41) is 9.01. The maximum absolute atomic E-state index is 13.6. The van der Waals surface area contributed by atoms with Crippen molar-refractivity contribution >= 4 is 15.6 Å². The van der Waals surface area contributed by atoms with E-state index in [4.69, 9.17) is 10.00 Å². The van der Waals surface area contributed by atoms with Gasteiger partial charge in [0.15, 0.2) is 0 Å². The molecule has 174 valence electrons. The van der Waals surface area contributed by atoms with Gasteiger partial charge in [0.25, 0.3) is 0 Å². The van der Waals surface area contributed by atoms with E-state index in [1.54, 1.807) is 6.92 Å². The lowest BCUT2D eigenvalue weighted by atomic mass is 9.94. The summed E-state index contributed by atoms with van der Waals surface area (Å²) in [6, 6.07) is 21.1. The summed E-state index contributed by atoms with van der Waals surface area (Å²) < 4.78 is 72.5. The minimum atomic E-state index is -4.51. The monoisotopic (exact) mass is 483 g/mol. The molecule has 4 nitrogen and oxygen atoms in total. The van der Waals surface area contributed by atoms with E-state index in [2.05, 4.69) is 0 Å². The molecule has 3 aromatic rings. The second kappa shape index (κ2) is 8.65. The second-order valence-electron chi connectivity index (χ2n) is 8.36. The van der Waals surface area contributed by atoms with E-state index in [0.29, 0.717) is 12.0 Å². The molecule has 1 heterocycles. The SMILES string of the molecule is CC1(Cc2ccccc2)CC(S(=O)(=O)c2ccc(C#N)cc2)=C(c2ccc(C(F)(F)F)cc2)O1. The van der Waals surface area contributed by atoms with Crippen molar-refractivity contribution in [3.63, 3.8) is 0 Å². The van der Waals surface area contributed by atoms with Crippen LogP contribution in [0.25, 0.3) is 5.76 Å². The van der Waals surface area contributed by atoms with Crippen LogP contribution in [0, 0.1) is 11.3 Å². The van der Waals surface area contributed by atoms with Gasteiger partial charge in [-0.2, -0.15) is 18.4 Å². The molecular formula is C26H20F3NO3S. The third-order valence-corrected chi connectivity index (χ3v) is 7.52. The van der Waals surface area contributed by atoms with Crippen molar-refractivity contribution in [1.29, 1.82) is 5.26 Å². The van der Waals surface area contributed by atoms with Gasteiger partial charge in [0.1, 0.15) is 11.4 Å². The third-order valence-electron chi connectivity index (χ3n) is 5.65. The number of nitrogens with zero attached hydrogens (tertiary/aromatic N) is 1. The molecule has 3 aromatic carbocycles. The fourth-order valence-corrected chi connectivity index (χ4v) is 5.66. The van der Waals surface area contributed by atoms with Gasteiger partial charge < -0.3 is 4.74 Å². The Labute approximate surface area is 195 Å². The maximum Gasteiger partial charge on any atom is 0.416 e. The molecule has 0 aromatic heterocycles. The van der Waals surface area contributed by atoms with Gasteiger partial charge in [-0.25, -0.2) is 8.42 Å². The lowest BCUT2D eigenvalue weighted by Crippen LogP contribution is -2.27. The number of ether oxygens (including phenoxy) is 1. The molecule has 4 rings (SSSR count). The third kappa shape index (κ3) is 4.70. The molecule has 0 radical (unpaired) electrons. The predicted molar refractivity (Wildman–Crippen MR) is 121 cm³/mol. The topological polar surface area (TPSA) is 67.2 Å². The molecular weight excluding hydrogens is 463 g/mol. The van der Waals surface area contributed by atoms with E-state index >= 15 is 0 Å². The zero-order chi connectivity index (χ0) is 24.6. The Morgan fingerprint density at radius 1 is 0.971 bits per heavy atom. The number of benzene rings is 3. The van der Waals surface area contributed by atoms with Gasteiger partial charge in [0.05, 0.1) is 27.0 Å². The largest absolute Gasteiger partial charge is 0.485 e. The van der Waals surface area contributed by atoms with Crippen LogP contribution in [0.2, 0.25) is 0 Å². The van der Waals surface area contributed by atoms with E-state index in [1.807, 2.05) is 36.4 Å². The van der Waals surface area contributed by atoms with E-state index < -0.39 is 27.2 Å². The van der Waals surface area contributed by atoms with Gasteiger partial charge >= 0.3 is 6.18 Å². The highest BCUT2D eigenvalue weighted by molar-refractivity contribution is 7.95. The van der Waals surface area contributed by atoms with Crippen molar-refractivity contribution in [1.82, 2.24) is 0 Å². The first-order chi connectivity index (χ1) is 16.0. The number of alkyl halides is 3. The molecule has 0 saturated heterocycles. The van der Waals surface area contributed by atoms with E-state index in [0.717, 1.165) is 17.7 Å². The van der Waals surface area contributed by atoms with Crippen molar-refractivity contribution in [3.8, 4) is 6.07 Å². The Kier molecular flexibility index (Phi) is 6.00. The molecule has 1 unspecified atom stereocenters. The van der Waals surface area contributed by atoms with Gasteiger partial charge in [-0.05, 0) is 48.9 Å². The van der Waals surface area contributed by atoms with Crippen molar-refractivity contribution < 1.29 is 26.3 Å². The van der Waals surface area contributed by atoms with Crippen molar-refractivity contribution in [2.75, 3.05) is 0 Å². The fraction of sp³-hybridized carbons (Fsp3) is 0.192. The van der Waals surface area contributed by atoms with Crippen LogP contribution < -0.4 is 0 Å². The summed E-state index contributed by atoms with van der Waals surface area (Å²) in [5.74, 6) is 0.0384. The van der Waals surface area contributed by atoms with E-state index in [1.165, 1.54) is 36.4 Å². The van der Waals surface area contributed by atoms with Crippen LogP contribution >= 0.6 is 0 Å². The Balaban J connectivity index is 1.79. The Morgan fingerprint density at radius 2 is 1.59 bits per heavy atom. The number of nitriles is 1. The molecule has 0 N–H and O–H groups in total. The number of halogens is 3. The van der Waals surface area contributed by atoms with Crippen LogP contribution in [-0.2, 0) is 27.2 Å². The highest BCUT2D eigenvalue weighted by Gasteiger charge is 2.43. The van der Waals surface area contributed by atoms with Gasteiger partial charge in [0.2, 0.25) is 9.84 Å². The van der Waals surface area contributed by atoms with Gasteiger partial charge in [-0.3, -0.25) is 0 Å². The number of sulfone groups is 1. The summed E-state index contributed by atoms with van der Waals surface area (Å²) in [7, 11) is -4.04. The molecule has 0 fully saturated rings. The minimum Gasteiger partial charge on any atom is -0.485 e. The van der Waals surface area contributed by atoms with Crippen LogP contribution in [-0.4, -0.2) is 14.0 Å². The summed E-state index contributed by atoms with van der Waals surface area (Å²) >= 11 is 0. The zero-order valence-electron chi connectivity index (χ0n) is 18.1. The highest BCUT2D eigenvalue weighted by atomic mass is 32.2. The summed E-state index contributed by atoms with van der Waals surface area (Å²) in [6.07, 6.45) is -4.06. The maximum atomic E-state index is 13.6. The fourth-order valence-electron chi connectivity index (χ4n) is 3.98. The molecule has 1 atom stereocenters. The Morgan fingerprint density at radius 3 is 2.15 bits per heavy atom. The van der Waals surface area contributed by atoms with E-state index in [9.17, 15) is 21.6 Å². The molecule has 8 heteroatoms. The minimum absolute atomic E-state index is 0.00426. The number of hydrogen-bond donors (Lipinski definition) is 0. The number of rotatable bonds is 5. The second-order valence-corrected chi connectivity index (χ2v) is 10.3. The molecule has 0 saturated carbocycles. The van der Waals surface area contributed by atoms with Crippen LogP contribution in [0.15, 0.2) is 88.7 Å². The first kappa shape index (κ1) is 23.6. The summed E-state index contributed by atoms with van der Waals surface area (Å²) in [4.78, 5) is -0.0196. The first-order valence-electron chi connectivity index (χ1n) is 10.4. The van der Waals surface area contributed by atoms with E-state index in [-0.39, 0.29) is 27.5 Å². The van der Waals surface area contributed by atoms with Crippen LogP contribution in [0.1, 0.15) is 35.6 Å². The smallest absolute Gasteiger partial charge is 0.416 e. The summed E-state index contributed by atoms with van der Waals surface area (Å²) in [6.45, 7) is 1.78. The van der Waals surface area contributed by atoms with Gasteiger partial charge in [-0.1, -0.05) is 42.5 Å². The van der Waals surface area contributed by atoms with Gasteiger partial charge in [0, 0.05) is 18.4 Å². The standard InChI is InChI=1S/C26H20F3NO3S/c1-25(15-18-5-3-2-4-6-18)16-23(34(31,32)22-13-7-19(17-30)8-14-22)24(33-25)20-9-11-21(12-10-20)26(27,28)29/h2-14H,15-16H2,1H3. The average Bonchev–Trinajstić information content (AvgIpc) is 3.17. The average molecular weight is 484 g/mol. The van der Waals surface area contributed by atoms with Crippen molar-refractivity contribution in [3.05, 3.63) is 106 Å². The molecule has 1 aliphatic heterocycles. The Bertz CT molecular complexity index is 1370. The number of hydrogen-bond acceptors (Lipinski definition) is 4. The lowest BCUT2D eigenvalue weighted by Gasteiger charge is -2.25. The zero-order valence-corrected chi connectivity index (χ0v) is 19.0. The highest BCUT2D eigenvalue weighted by Crippen LogP contribution is 2.45. The quantitative estimate of drug-likeness (QED) is 0.437. The Hall–Kier alpha value is -3.57. The van der Waals surface area contributed by atoms with Crippen LogP contribution in [0.5, 0.6) is 0 Å². The molecule has 34 heavy (non-hydrogen) atoms. The molecule has 0 amide bonds. The van der Waals surface area contributed by atoms with Crippen LogP contribution in [0.4, 0.5) is 13.2 Å². The lowest BCUT2D eigenvalue weighted by molar-refractivity contribution is -0.137. The molecule has 0 bridgehead atoms. The molecule has 0 spiro atoms. The summed E-state index contributed by atoms with van der Waals surface area (Å²) in [5.41, 5.74) is -0.259. The predicted octanol–water partition coefficient (Wildman–Crippen LogP) is 6.14. The van der Waals surface area contributed by atoms with Crippen molar-refractivity contribution in [2.24, 2.45) is 0 Å². The van der Waals surface area contributed by atoms with Crippen LogP contribution in [0.3, 0.4) is 0 Å². The van der Waals surface area contributed by atoms with Crippen molar-refractivity contribution in [2.45, 2.75) is 36.4 Å². The molecule has 1 aliphatic rings.